The topological polar surface area (TPSA) is 101 Å². The minimum Gasteiger partial charge on any atom is -0.495 e. The Kier molecular flexibility index (Phi) is 7.07. The number of nitrogens with one attached hydrogen (secondary N) is 1. The van der Waals surface area contributed by atoms with E-state index >= 15 is 4.39 Å². The second-order valence-corrected chi connectivity index (χ2v) is 11.7. The summed E-state index contributed by atoms with van der Waals surface area (Å²) in [5, 5.41) is 3.68. The van der Waals surface area contributed by atoms with Crippen LogP contribution in [0.4, 0.5) is 27.5 Å². The first-order valence-electron chi connectivity index (χ1n) is 14.9. The van der Waals surface area contributed by atoms with Crippen molar-refractivity contribution in [2.75, 3.05) is 69.4 Å². The number of aromatic nitrogens is 4. The minimum atomic E-state index is -0.286. The summed E-state index contributed by atoms with van der Waals surface area (Å²) in [5.41, 5.74) is 8.93. The first kappa shape index (κ1) is 26.9. The van der Waals surface area contributed by atoms with E-state index in [2.05, 4.69) is 43.1 Å². The summed E-state index contributed by atoms with van der Waals surface area (Å²) in [6.45, 7) is 6.63. The van der Waals surface area contributed by atoms with Crippen LogP contribution in [0.1, 0.15) is 37.3 Å². The third-order valence-corrected chi connectivity index (χ3v) is 8.93. The van der Waals surface area contributed by atoms with Crippen LogP contribution in [0.5, 0.6) is 5.75 Å². The second-order valence-electron chi connectivity index (χ2n) is 11.7. The Hall–Kier alpha value is -3.96. The molecule has 4 aromatic rings. The lowest BCUT2D eigenvalue weighted by atomic mass is 10.0. The largest absolute Gasteiger partial charge is 0.495 e. The van der Waals surface area contributed by atoms with E-state index in [9.17, 15) is 0 Å². The van der Waals surface area contributed by atoms with Crippen molar-refractivity contribution in [2.24, 2.45) is 0 Å². The van der Waals surface area contributed by atoms with Crippen LogP contribution in [-0.4, -0.2) is 88.8 Å². The SMILES string of the molecule is COc1cc(Nc2ncc3c(F)c(C4CC4)n(-c4cccc(N)n4)c3n2)ccc1N1CCC(N2CCN(C)CC2)CC1. The number of fused-ring (bicyclic) bond motifs is 1. The van der Waals surface area contributed by atoms with Crippen molar-refractivity contribution in [3.63, 3.8) is 0 Å². The number of pyridine rings is 1. The Bertz CT molecular complexity index is 1590. The maximum atomic E-state index is 15.6. The van der Waals surface area contributed by atoms with E-state index in [0.717, 1.165) is 82.1 Å². The van der Waals surface area contributed by atoms with Gasteiger partial charge in [-0.05, 0) is 57.0 Å². The summed E-state index contributed by atoms with van der Waals surface area (Å²) in [5.74, 6) is 1.95. The van der Waals surface area contributed by atoms with Crippen molar-refractivity contribution in [3.8, 4) is 11.6 Å². The number of hydrogen-bond acceptors (Lipinski definition) is 9. The van der Waals surface area contributed by atoms with Crippen LogP contribution in [0.3, 0.4) is 0 Å². The fourth-order valence-electron chi connectivity index (χ4n) is 6.43. The van der Waals surface area contributed by atoms with Crippen molar-refractivity contribution in [1.29, 1.82) is 0 Å². The zero-order valence-electron chi connectivity index (χ0n) is 24.3. The minimum absolute atomic E-state index is 0.141. The summed E-state index contributed by atoms with van der Waals surface area (Å²) in [6.07, 6.45) is 5.73. The van der Waals surface area contributed by atoms with Gasteiger partial charge in [0.05, 0.1) is 23.9 Å². The van der Waals surface area contributed by atoms with Crippen molar-refractivity contribution < 1.29 is 9.13 Å². The van der Waals surface area contributed by atoms with Crippen LogP contribution in [0.15, 0.2) is 42.6 Å². The smallest absolute Gasteiger partial charge is 0.229 e. The van der Waals surface area contributed by atoms with Crippen molar-refractivity contribution in [1.82, 2.24) is 29.3 Å². The number of piperidine rings is 1. The lowest BCUT2D eigenvalue weighted by molar-refractivity contribution is 0.0981. The van der Waals surface area contributed by atoms with Crippen molar-refractivity contribution in [2.45, 2.75) is 37.6 Å². The molecule has 7 rings (SSSR count). The number of nitrogens with zero attached hydrogens (tertiary/aromatic N) is 7. The number of methoxy groups -OCH3 is 1. The van der Waals surface area contributed by atoms with Crippen LogP contribution in [0, 0.1) is 5.82 Å². The molecule has 10 nitrogen and oxygen atoms in total. The Labute approximate surface area is 245 Å². The molecule has 2 aliphatic heterocycles. The van der Waals surface area contributed by atoms with Crippen molar-refractivity contribution in [3.05, 3.63) is 54.1 Å². The number of rotatable bonds is 7. The van der Waals surface area contributed by atoms with Gasteiger partial charge in [-0.15, -0.1) is 0 Å². The number of halogens is 1. The summed E-state index contributed by atoms with van der Waals surface area (Å²) < 4.78 is 23.2. The van der Waals surface area contributed by atoms with Gasteiger partial charge in [0.1, 0.15) is 17.4 Å². The second kappa shape index (κ2) is 11.0. The highest BCUT2D eigenvalue weighted by molar-refractivity contribution is 5.81. The highest BCUT2D eigenvalue weighted by atomic mass is 19.1. The molecule has 0 radical (unpaired) electrons. The molecule has 3 aliphatic rings. The molecule has 0 atom stereocenters. The van der Waals surface area contributed by atoms with Crippen LogP contribution < -0.4 is 20.7 Å². The van der Waals surface area contributed by atoms with Gasteiger partial charge in [0.25, 0.3) is 0 Å². The molecule has 1 saturated carbocycles. The van der Waals surface area contributed by atoms with Gasteiger partial charge in [-0.1, -0.05) is 6.07 Å². The molecule has 11 heteroatoms. The molecule has 3 aromatic heterocycles. The molecule has 0 bridgehead atoms. The van der Waals surface area contributed by atoms with E-state index in [-0.39, 0.29) is 11.7 Å². The average molecular weight is 572 g/mol. The molecule has 220 valence electrons. The first-order valence-corrected chi connectivity index (χ1v) is 14.9. The van der Waals surface area contributed by atoms with Crippen LogP contribution in [-0.2, 0) is 0 Å². The predicted octanol–water partition coefficient (Wildman–Crippen LogP) is 4.38. The first-order chi connectivity index (χ1) is 20.5. The van der Waals surface area contributed by atoms with Gasteiger partial charge in [-0.25, -0.2) is 14.4 Å². The van der Waals surface area contributed by atoms with Gasteiger partial charge in [0.15, 0.2) is 11.5 Å². The van der Waals surface area contributed by atoms with Gasteiger partial charge >= 0.3 is 0 Å². The average Bonchev–Trinajstić information content (AvgIpc) is 3.81. The van der Waals surface area contributed by atoms with Gasteiger partial charge in [-0.2, -0.15) is 4.98 Å². The molecule has 42 heavy (non-hydrogen) atoms. The molecule has 0 unspecified atom stereocenters. The van der Waals surface area contributed by atoms with Crippen LogP contribution >= 0.6 is 0 Å². The maximum absolute atomic E-state index is 15.6. The maximum Gasteiger partial charge on any atom is 0.229 e. The van der Waals surface area contributed by atoms with E-state index in [0.29, 0.717) is 40.4 Å². The fraction of sp³-hybridized carbons (Fsp3) is 0.452. The Balaban J connectivity index is 1.12. The molecular formula is C31H38FN9O. The number of likely N-dealkylation sites (N-methyl/N-ethyl adjacent to an activating group) is 1. The molecular weight excluding hydrogens is 533 g/mol. The predicted molar refractivity (Wildman–Crippen MR) is 164 cm³/mol. The van der Waals surface area contributed by atoms with Gasteiger partial charge in [-0.3, -0.25) is 9.47 Å². The van der Waals surface area contributed by atoms with Crippen molar-refractivity contribution >= 4 is 34.2 Å². The van der Waals surface area contributed by atoms with E-state index in [1.54, 1.807) is 23.9 Å². The normalized spacial score (nSPS) is 19.0. The number of benzene rings is 1. The number of nitrogens with two attached hydrogens (primary N) is 1. The molecule has 1 aromatic carbocycles. The third-order valence-electron chi connectivity index (χ3n) is 8.93. The molecule has 3 N–H and O–H groups in total. The Morgan fingerprint density at radius 2 is 1.76 bits per heavy atom. The number of hydrogen-bond donors (Lipinski definition) is 2. The molecule has 0 amide bonds. The Morgan fingerprint density at radius 1 is 0.976 bits per heavy atom. The number of piperazine rings is 1. The van der Waals surface area contributed by atoms with Gasteiger partial charge < -0.3 is 25.6 Å². The number of ether oxygens (including phenoxy) is 1. The zero-order chi connectivity index (χ0) is 28.8. The Morgan fingerprint density at radius 3 is 2.48 bits per heavy atom. The molecule has 5 heterocycles. The zero-order valence-corrected chi connectivity index (χ0v) is 24.3. The van der Waals surface area contributed by atoms with E-state index < -0.39 is 0 Å². The van der Waals surface area contributed by atoms with Gasteiger partial charge in [0, 0.05) is 69.2 Å². The highest BCUT2D eigenvalue weighted by Gasteiger charge is 2.34. The molecule has 1 aliphatic carbocycles. The number of anilines is 4. The molecule has 3 fully saturated rings. The lowest BCUT2D eigenvalue weighted by Gasteiger charge is -2.42. The fourth-order valence-corrected chi connectivity index (χ4v) is 6.43. The van der Waals surface area contributed by atoms with Crippen LogP contribution in [0.25, 0.3) is 16.9 Å². The van der Waals surface area contributed by atoms with E-state index in [1.165, 1.54) is 0 Å². The summed E-state index contributed by atoms with van der Waals surface area (Å²) >= 11 is 0. The summed E-state index contributed by atoms with van der Waals surface area (Å²) in [4.78, 5) is 21.2. The third kappa shape index (κ3) is 5.11. The van der Waals surface area contributed by atoms with E-state index in [1.807, 2.05) is 24.3 Å². The van der Waals surface area contributed by atoms with Gasteiger partial charge in [0.2, 0.25) is 5.95 Å². The summed E-state index contributed by atoms with van der Waals surface area (Å²) in [6, 6.07) is 12.1. The molecule has 2 saturated heterocycles. The quantitative estimate of drug-likeness (QED) is 0.335. The monoisotopic (exact) mass is 571 g/mol. The summed E-state index contributed by atoms with van der Waals surface area (Å²) in [7, 11) is 3.91. The van der Waals surface area contributed by atoms with Crippen LogP contribution in [0.2, 0.25) is 0 Å². The van der Waals surface area contributed by atoms with E-state index in [4.69, 9.17) is 15.5 Å². The standard InChI is InChI=1S/C31H38FN9O/c1-38-14-16-39(17-15-38)22-10-12-40(13-11-22)24-9-8-21(18-25(24)42-2)35-31-34-19-23-28(32)29(20-6-7-20)41(30(23)37-31)27-5-3-4-26(33)36-27/h3-5,8-9,18-20,22H,6-7,10-17H2,1-2H3,(H2,33,36)(H,34,35,37). The lowest BCUT2D eigenvalue weighted by Crippen LogP contribution is -2.52. The molecule has 0 spiro atoms. The number of nitrogen functional groups attached to an aromatic ring is 1. The highest BCUT2D eigenvalue weighted by Crippen LogP contribution is 2.45.